The van der Waals surface area contributed by atoms with Crippen LogP contribution in [0.25, 0.3) is 22.9 Å². The van der Waals surface area contributed by atoms with E-state index in [0.29, 0.717) is 76.0 Å². The van der Waals surface area contributed by atoms with Gasteiger partial charge in [-0.1, -0.05) is 73.1 Å². The highest BCUT2D eigenvalue weighted by atomic mass is 32.2. The molecule has 2 aromatic carbocycles. The summed E-state index contributed by atoms with van der Waals surface area (Å²) >= 11 is 2.84. The molecule has 0 radical (unpaired) electrons. The summed E-state index contributed by atoms with van der Waals surface area (Å²) in [7, 11) is 0. The van der Waals surface area contributed by atoms with E-state index >= 15 is 0 Å². The maximum Gasteiger partial charge on any atom is 0.277 e. The maximum atomic E-state index is 5.88. The fourth-order valence-electron chi connectivity index (χ4n) is 3.51. The molecular weight excluding hydrogens is 532 g/mol. The lowest BCUT2D eigenvalue weighted by atomic mass is 10.00. The Morgan fingerprint density at radius 1 is 0.641 bits per heavy atom. The zero-order chi connectivity index (χ0) is 27.5. The minimum atomic E-state index is 0.353. The molecule has 0 fully saturated rings. The van der Waals surface area contributed by atoms with Crippen LogP contribution in [0.2, 0.25) is 0 Å². The summed E-state index contributed by atoms with van der Waals surface area (Å²) in [4.78, 5) is 0. The SMILES string of the molecule is C=CCOc1ccc(Cc2ccc(OCC=C)c(-c3nnc(SCC=C)o3)c2)cc1-c1nnc(SCC=C)o1. The number of rotatable bonds is 16. The molecule has 0 bridgehead atoms. The van der Waals surface area contributed by atoms with E-state index in [2.05, 4.69) is 46.7 Å². The Hall–Kier alpha value is -4.02. The zero-order valence-electron chi connectivity index (χ0n) is 21.4. The molecule has 0 aliphatic rings. The van der Waals surface area contributed by atoms with Crippen molar-refractivity contribution < 1.29 is 18.3 Å². The molecule has 0 saturated heterocycles. The molecule has 0 aliphatic heterocycles. The predicted octanol–water partition coefficient (Wildman–Crippen LogP) is 7.06. The van der Waals surface area contributed by atoms with E-state index in [-0.39, 0.29) is 0 Å². The van der Waals surface area contributed by atoms with Crippen LogP contribution in [-0.4, -0.2) is 45.1 Å². The Balaban J connectivity index is 1.65. The molecular formula is C29H28N4O4S2. The lowest BCUT2D eigenvalue weighted by Gasteiger charge is -2.12. The van der Waals surface area contributed by atoms with Gasteiger partial charge >= 0.3 is 0 Å². The fourth-order valence-corrected chi connectivity index (χ4v) is 4.50. The number of benzene rings is 2. The molecule has 2 heterocycles. The van der Waals surface area contributed by atoms with Crippen LogP contribution in [0.4, 0.5) is 0 Å². The van der Waals surface area contributed by atoms with Gasteiger partial charge in [-0.3, -0.25) is 0 Å². The van der Waals surface area contributed by atoms with Crippen molar-refractivity contribution in [2.24, 2.45) is 0 Å². The molecule has 39 heavy (non-hydrogen) atoms. The van der Waals surface area contributed by atoms with Crippen LogP contribution in [0.5, 0.6) is 11.5 Å². The highest BCUT2D eigenvalue weighted by Gasteiger charge is 2.18. The average Bonchev–Trinajstić information content (AvgIpc) is 3.63. The van der Waals surface area contributed by atoms with Gasteiger partial charge in [0, 0.05) is 11.5 Å². The summed E-state index contributed by atoms with van der Waals surface area (Å²) in [6, 6.07) is 11.8. The van der Waals surface area contributed by atoms with Crippen molar-refractivity contribution in [3.8, 4) is 34.4 Å². The van der Waals surface area contributed by atoms with Gasteiger partial charge in [0.25, 0.3) is 22.2 Å². The first-order valence-corrected chi connectivity index (χ1v) is 14.0. The largest absolute Gasteiger partial charge is 0.489 e. The highest BCUT2D eigenvalue weighted by molar-refractivity contribution is 7.99. The highest BCUT2D eigenvalue weighted by Crippen LogP contribution is 2.35. The van der Waals surface area contributed by atoms with Gasteiger partial charge in [-0.2, -0.15) is 0 Å². The number of ether oxygens (including phenoxy) is 2. The monoisotopic (exact) mass is 560 g/mol. The molecule has 0 amide bonds. The molecule has 0 atom stereocenters. The van der Waals surface area contributed by atoms with Crippen molar-refractivity contribution >= 4 is 23.5 Å². The van der Waals surface area contributed by atoms with Gasteiger partial charge in [0.05, 0.1) is 11.1 Å². The second kappa shape index (κ2) is 14.2. The van der Waals surface area contributed by atoms with E-state index in [4.69, 9.17) is 18.3 Å². The van der Waals surface area contributed by atoms with Crippen molar-refractivity contribution in [3.63, 3.8) is 0 Å². The van der Waals surface area contributed by atoms with E-state index < -0.39 is 0 Å². The number of nitrogens with zero attached hydrogens (tertiary/aromatic N) is 4. The molecule has 200 valence electrons. The second-order valence-corrected chi connectivity index (χ2v) is 9.93. The van der Waals surface area contributed by atoms with E-state index in [9.17, 15) is 0 Å². The normalized spacial score (nSPS) is 10.7. The third kappa shape index (κ3) is 7.52. The second-order valence-electron chi connectivity index (χ2n) is 7.98. The smallest absolute Gasteiger partial charge is 0.277 e. The van der Waals surface area contributed by atoms with Gasteiger partial charge in [0.1, 0.15) is 24.7 Å². The summed E-state index contributed by atoms with van der Waals surface area (Å²) in [5, 5.41) is 17.7. The van der Waals surface area contributed by atoms with E-state index in [1.807, 2.05) is 36.4 Å². The first-order chi connectivity index (χ1) is 19.1. The van der Waals surface area contributed by atoms with Crippen LogP contribution >= 0.6 is 23.5 Å². The quantitative estimate of drug-likeness (QED) is 0.105. The molecule has 4 rings (SSSR count). The summed E-state index contributed by atoms with van der Waals surface area (Å²) in [5.41, 5.74) is 3.46. The van der Waals surface area contributed by atoms with Crippen LogP contribution < -0.4 is 9.47 Å². The predicted molar refractivity (Wildman–Crippen MR) is 155 cm³/mol. The van der Waals surface area contributed by atoms with Crippen LogP contribution in [0.1, 0.15) is 11.1 Å². The van der Waals surface area contributed by atoms with E-state index in [1.165, 1.54) is 23.5 Å². The number of aromatic nitrogens is 4. The van der Waals surface area contributed by atoms with Gasteiger partial charge < -0.3 is 18.3 Å². The maximum absolute atomic E-state index is 5.88. The minimum Gasteiger partial charge on any atom is -0.489 e. The van der Waals surface area contributed by atoms with Crippen LogP contribution in [0.15, 0.2) is 106 Å². The number of hydrogen-bond donors (Lipinski definition) is 0. The molecule has 0 unspecified atom stereocenters. The number of hydrogen-bond acceptors (Lipinski definition) is 10. The Kier molecular flexibility index (Phi) is 10.2. The van der Waals surface area contributed by atoms with Crippen LogP contribution in [0.3, 0.4) is 0 Å². The third-order valence-electron chi connectivity index (χ3n) is 5.13. The van der Waals surface area contributed by atoms with E-state index in [0.717, 1.165) is 11.1 Å². The molecule has 0 saturated carbocycles. The lowest BCUT2D eigenvalue weighted by molar-refractivity contribution is 0.362. The van der Waals surface area contributed by atoms with Gasteiger partial charge in [-0.25, -0.2) is 0 Å². The Labute approximate surface area is 235 Å². The molecule has 0 aliphatic carbocycles. The summed E-state index contributed by atoms with van der Waals surface area (Å²) in [6.07, 6.45) is 7.55. The van der Waals surface area contributed by atoms with Crippen molar-refractivity contribution in [1.29, 1.82) is 0 Å². The summed E-state index contributed by atoms with van der Waals surface area (Å²) < 4.78 is 23.5. The van der Waals surface area contributed by atoms with Gasteiger partial charge in [-0.05, 0) is 41.8 Å². The van der Waals surface area contributed by atoms with Gasteiger partial charge in [0.15, 0.2) is 0 Å². The van der Waals surface area contributed by atoms with Gasteiger partial charge in [0.2, 0.25) is 0 Å². The Morgan fingerprint density at radius 3 is 1.51 bits per heavy atom. The molecule has 10 heteroatoms. The summed E-state index contributed by atoms with van der Waals surface area (Å²) in [6.45, 7) is 15.6. The Morgan fingerprint density at radius 2 is 1.10 bits per heavy atom. The van der Waals surface area contributed by atoms with Gasteiger partial charge in [-0.15, -0.1) is 33.6 Å². The zero-order valence-corrected chi connectivity index (χ0v) is 23.0. The molecule has 0 N–H and O–H groups in total. The number of thioether (sulfide) groups is 2. The lowest BCUT2D eigenvalue weighted by Crippen LogP contribution is -1.99. The standard InChI is InChI=1S/C29H28N4O4S2/c1-5-13-34-24-11-9-20(18-22(24)26-30-32-28(36-26)38-15-7-3)17-21-10-12-25(35-14-6-2)23(19-21)27-31-33-29(37-27)39-16-8-4/h5-12,18-19H,1-4,13-17H2. The fraction of sp³-hybridized carbons (Fsp3) is 0.172. The molecule has 2 aromatic heterocycles. The van der Waals surface area contributed by atoms with Crippen LogP contribution in [-0.2, 0) is 6.42 Å². The first kappa shape index (κ1) is 28.0. The topological polar surface area (TPSA) is 96.3 Å². The van der Waals surface area contributed by atoms with E-state index in [1.54, 1.807) is 24.3 Å². The minimum absolute atomic E-state index is 0.353. The van der Waals surface area contributed by atoms with Crippen LogP contribution in [0, 0.1) is 0 Å². The third-order valence-corrected chi connectivity index (χ3v) is 6.76. The van der Waals surface area contributed by atoms with Crippen molar-refractivity contribution in [2.75, 3.05) is 24.7 Å². The first-order valence-electron chi connectivity index (χ1n) is 12.0. The molecule has 8 nitrogen and oxygen atoms in total. The summed E-state index contributed by atoms with van der Waals surface area (Å²) in [5.74, 6) is 3.37. The average molecular weight is 561 g/mol. The molecule has 4 aromatic rings. The van der Waals surface area contributed by atoms with Crippen molar-refractivity contribution in [1.82, 2.24) is 20.4 Å². The van der Waals surface area contributed by atoms with Crippen molar-refractivity contribution in [2.45, 2.75) is 16.9 Å². The molecule has 0 spiro atoms. The Bertz CT molecular complexity index is 1340. The van der Waals surface area contributed by atoms with Crippen molar-refractivity contribution in [3.05, 3.63) is 98.1 Å².